The summed E-state index contributed by atoms with van der Waals surface area (Å²) in [5, 5.41) is 0.834. The van der Waals surface area contributed by atoms with Gasteiger partial charge in [0.1, 0.15) is 31.1 Å². The molecule has 1 fully saturated rings. The largest absolute Gasteiger partial charge is 0.489 e. The molecule has 212 valence electrons. The standard InChI is InChI=1S/C30H27ClF2N4O4/c31-21-8-4-7-20(11-21)14-37(33)30(40)27-12-22(32)15-36(27)28(38)17-35-16-25(29(34)39)24-13-23(9-10-26(24)35)41-18-19-5-2-1-3-6-19/h1-11,13,16,22,27H,12,14-15,17-18H2,(H2,34,39)/t22-,27+/m1/s1. The molecule has 3 aromatic carbocycles. The molecule has 0 radical (unpaired) electrons. The highest BCUT2D eigenvalue weighted by molar-refractivity contribution is 6.30. The number of hydrogen-bond donors (Lipinski definition) is 1. The zero-order chi connectivity index (χ0) is 29.1. The van der Waals surface area contributed by atoms with E-state index in [0.717, 1.165) is 10.5 Å². The van der Waals surface area contributed by atoms with Gasteiger partial charge < -0.3 is 19.9 Å². The van der Waals surface area contributed by atoms with E-state index >= 15 is 0 Å². The van der Waals surface area contributed by atoms with Crippen molar-refractivity contribution in [2.24, 2.45) is 5.73 Å². The molecule has 5 rings (SSSR count). The third kappa shape index (κ3) is 6.33. The van der Waals surface area contributed by atoms with Crippen molar-refractivity contribution in [2.75, 3.05) is 6.54 Å². The van der Waals surface area contributed by atoms with Crippen LogP contribution in [0.3, 0.4) is 0 Å². The second-order valence-corrected chi connectivity index (χ2v) is 10.3. The molecule has 1 saturated heterocycles. The number of nitrogens with two attached hydrogens (primary N) is 1. The van der Waals surface area contributed by atoms with Crippen LogP contribution in [0.1, 0.15) is 27.9 Å². The van der Waals surface area contributed by atoms with Crippen LogP contribution in [0.25, 0.3) is 10.9 Å². The predicted molar refractivity (Wildman–Crippen MR) is 149 cm³/mol. The Morgan fingerprint density at radius 3 is 2.51 bits per heavy atom. The molecule has 0 aliphatic carbocycles. The number of aromatic nitrogens is 1. The summed E-state index contributed by atoms with van der Waals surface area (Å²) in [5.74, 6) is -1.82. The topological polar surface area (TPSA) is 97.9 Å². The van der Waals surface area contributed by atoms with Gasteiger partial charge in [0.15, 0.2) is 0 Å². The van der Waals surface area contributed by atoms with Crippen LogP contribution < -0.4 is 10.5 Å². The van der Waals surface area contributed by atoms with Gasteiger partial charge in [0, 0.05) is 28.5 Å². The van der Waals surface area contributed by atoms with Crippen molar-refractivity contribution < 1.29 is 28.0 Å². The number of nitrogens with zero attached hydrogens (tertiary/aromatic N) is 3. The first kappa shape index (κ1) is 28.1. The van der Waals surface area contributed by atoms with Gasteiger partial charge in [0.05, 0.1) is 18.7 Å². The molecule has 2 heterocycles. The smallest absolute Gasteiger partial charge is 0.273 e. The van der Waals surface area contributed by atoms with Crippen LogP contribution in [0.2, 0.25) is 5.02 Å². The van der Waals surface area contributed by atoms with Crippen molar-refractivity contribution in [3.05, 3.63) is 101 Å². The number of hydrogen-bond acceptors (Lipinski definition) is 4. The van der Waals surface area contributed by atoms with Crippen LogP contribution in [0, 0.1) is 0 Å². The van der Waals surface area contributed by atoms with Crippen molar-refractivity contribution in [1.82, 2.24) is 14.6 Å². The predicted octanol–water partition coefficient (Wildman–Crippen LogP) is 4.82. The number of primary amides is 1. The summed E-state index contributed by atoms with van der Waals surface area (Å²) in [5.41, 5.74) is 7.72. The molecule has 0 spiro atoms. The first-order chi connectivity index (χ1) is 19.7. The van der Waals surface area contributed by atoms with Crippen LogP contribution in [0.5, 0.6) is 5.75 Å². The molecule has 11 heteroatoms. The fourth-order valence-electron chi connectivity index (χ4n) is 5.00. The lowest BCUT2D eigenvalue weighted by Gasteiger charge is -2.25. The van der Waals surface area contributed by atoms with E-state index in [4.69, 9.17) is 22.1 Å². The summed E-state index contributed by atoms with van der Waals surface area (Å²) >= 11 is 5.94. The van der Waals surface area contributed by atoms with E-state index in [1.54, 1.807) is 36.4 Å². The number of carbonyl (C=O) groups is 3. The average molecular weight is 581 g/mol. The number of fused-ring (bicyclic) bond motifs is 1. The number of amides is 3. The average Bonchev–Trinajstić information content (AvgIpc) is 3.52. The van der Waals surface area contributed by atoms with Gasteiger partial charge >= 0.3 is 0 Å². The number of rotatable bonds is 9. The summed E-state index contributed by atoms with van der Waals surface area (Å²) in [6, 6.07) is 19.7. The SMILES string of the molecule is NC(=O)c1cn(CC(=O)N2C[C@H](F)C[C@H]2C(=O)N(F)Cc2cccc(Cl)c2)c2ccc(OCc3ccccc3)cc12. The first-order valence-corrected chi connectivity index (χ1v) is 13.3. The second kappa shape index (κ2) is 12.0. The van der Waals surface area contributed by atoms with Crippen LogP contribution in [-0.4, -0.2) is 51.1 Å². The highest BCUT2D eigenvalue weighted by Gasteiger charge is 2.42. The number of ether oxygens (including phenoxy) is 1. The zero-order valence-electron chi connectivity index (χ0n) is 21.9. The summed E-state index contributed by atoms with van der Waals surface area (Å²) < 4.78 is 36.7. The molecule has 4 aromatic rings. The lowest BCUT2D eigenvalue weighted by molar-refractivity contribution is -0.156. The Labute approximate surface area is 239 Å². The summed E-state index contributed by atoms with van der Waals surface area (Å²) in [7, 11) is 0. The van der Waals surface area contributed by atoms with Crippen LogP contribution in [0.15, 0.2) is 79.0 Å². The monoisotopic (exact) mass is 580 g/mol. The third-order valence-electron chi connectivity index (χ3n) is 6.98. The zero-order valence-corrected chi connectivity index (χ0v) is 22.6. The molecule has 1 aliphatic rings. The summed E-state index contributed by atoms with van der Waals surface area (Å²) in [6.07, 6.45) is -0.368. The van der Waals surface area contributed by atoms with E-state index in [2.05, 4.69) is 0 Å². The third-order valence-corrected chi connectivity index (χ3v) is 7.21. The Morgan fingerprint density at radius 1 is 1.02 bits per heavy atom. The van der Waals surface area contributed by atoms with E-state index in [1.807, 2.05) is 30.3 Å². The van der Waals surface area contributed by atoms with Gasteiger partial charge in [-0.2, -0.15) is 5.12 Å². The van der Waals surface area contributed by atoms with Crippen molar-refractivity contribution in [3.8, 4) is 5.75 Å². The second-order valence-electron chi connectivity index (χ2n) is 9.87. The normalized spacial score (nSPS) is 16.6. The molecule has 0 bridgehead atoms. The minimum atomic E-state index is -1.49. The Morgan fingerprint density at radius 2 is 1.78 bits per heavy atom. The molecule has 1 aromatic heterocycles. The highest BCUT2D eigenvalue weighted by atomic mass is 35.5. The lowest BCUT2D eigenvalue weighted by Crippen LogP contribution is -2.46. The van der Waals surface area contributed by atoms with Crippen molar-refractivity contribution in [3.63, 3.8) is 0 Å². The van der Waals surface area contributed by atoms with Gasteiger partial charge in [-0.15, -0.1) is 0 Å². The minimum Gasteiger partial charge on any atom is -0.489 e. The van der Waals surface area contributed by atoms with Gasteiger partial charge in [-0.3, -0.25) is 14.4 Å². The maximum absolute atomic E-state index is 14.9. The highest BCUT2D eigenvalue weighted by Crippen LogP contribution is 2.29. The van der Waals surface area contributed by atoms with Gasteiger partial charge in [-0.1, -0.05) is 58.5 Å². The lowest BCUT2D eigenvalue weighted by atomic mass is 10.1. The molecule has 0 unspecified atom stereocenters. The van der Waals surface area contributed by atoms with Crippen molar-refractivity contribution in [1.29, 1.82) is 0 Å². The molecule has 2 atom stereocenters. The minimum absolute atomic E-state index is 0.0259. The van der Waals surface area contributed by atoms with Crippen LogP contribution in [0.4, 0.5) is 8.87 Å². The first-order valence-electron chi connectivity index (χ1n) is 12.9. The number of carbonyl (C=O) groups excluding carboxylic acids is 3. The van der Waals surface area contributed by atoms with E-state index in [-0.39, 0.29) is 30.2 Å². The van der Waals surface area contributed by atoms with Crippen molar-refractivity contribution >= 4 is 40.2 Å². The molecule has 0 saturated carbocycles. The Hall–Kier alpha value is -4.44. The fraction of sp³-hybridized carbons (Fsp3) is 0.233. The van der Waals surface area contributed by atoms with Crippen LogP contribution >= 0.6 is 11.6 Å². The number of halogens is 3. The Bertz CT molecular complexity index is 1600. The molecule has 3 amide bonds. The summed E-state index contributed by atoms with van der Waals surface area (Å²) in [6.45, 7) is -0.743. The van der Waals surface area contributed by atoms with Crippen molar-refractivity contribution in [2.45, 2.75) is 38.3 Å². The van der Waals surface area contributed by atoms with E-state index in [1.165, 1.54) is 16.8 Å². The van der Waals surface area contributed by atoms with E-state index in [9.17, 15) is 23.3 Å². The maximum Gasteiger partial charge on any atom is 0.273 e. The molecular formula is C30H27ClF2N4O4. The molecule has 8 nitrogen and oxygen atoms in total. The molecule has 2 N–H and O–H groups in total. The van der Waals surface area contributed by atoms with Gasteiger partial charge in [0.25, 0.3) is 11.8 Å². The molecule has 41 heavy (non-hydrogen) atoms. The summed E-state index contributed by atoms with van der Waals surface area (Å²) in [4.78, 5) is 39.5. The Balaban J connectivity index is 1.33. The fourth-order valence-corrected chi connectivity index (χ4v) is 5.21. The maximum atomic E-state index is 14.9. The molecular weight excluding hydrogens is 554 g/mol. The quantitative estimate of drug-likeness (QED) is 0.287. The van der Waals surface area contributed by atoms with Gasteiger partial charge in [0.2, 0.25) is 5.91 Å². The number of benzene rings is 3. The molecule has 1 aliphatic heterocycles. The van der Waals surface area contributed by atoms with Gasteiger partial charge in [-0.05, 0) is 41.5 Å². The van der Waals surface area contributed by atoms with E-state index in [0.29, 0.717) is 33.8 Å². The van der Waals surface area contributed by atoms with E-state index < -0.39 is 36.5 Å². The number of alkyl halides is 1. The van der Waals surface area contributed by atoms with Gasteiger partial charge in [-0.25, -0.2) is 4.39 Å². The van der Waals surface area contributed by atoms with Crippen LogP contribution in [-0.2, 0) is 29.3 Å². The number of likely N-dealkylation sites (tertiary alicyclic amines) is 1. The Kier molecular flexibility index (Phi) is 8.21.